The van der Waals surface area contributed by atoms with Crippen molar-refractivity contribution in [2.45, 2.75) is 101 Å². The summed E-state index contributed by atoms with van der Waals surface area (Å²) in [5, 5.41) is 8.93. The van der Waals surface area contributed by atoms with Crippen molar-refractivity contribution in [1.82, 2.24) is 15.1 Å². The Hall–Kier alpha value is -1.82. The van der Waals surface area contributed by atoms with E-state index in [2.05, 4.69) is 46.3 Å². The molecule has 1 heterocycles. The third-order valence-electron chi connectivity index (χ3n) is 6.84. The number of carbonyl (C=O) groups excluding carboxylic acids is 1. The lowest BCUT2D eigenvalue weighted by atomic mass is 9.88. The van der Waals surface area contributed by atoms with Gasteiger partial charge in [-0.2, -0.15) is 0 Å². The molecule has 0 N–H and O–H groups in total. The minimum atomic E-state index is 0.251. The first-order valence-corrected chi connectivity index (χ1v) is 13.0. The van der Waals surface area contributed by atoms with Crippen molar-refractivity contribution in [2.75, 3.05) is 5.75 Å². The fourth-order valence-electron chi connectivity index (χ4n) is 5.16. The summed E-state index contributed by atoms with van der Waals surface area (Å²) in [6.07, 6.45) is 13.0. The highest BCUT2D eigenvalue weighted by Crippen LogP contribution is 2.31. The molecule has 1 amide bonds. The molecule has 31 heavy (non-hydrogen) atoms. The predicted molar refractivity (Wildman–Crippen MR) is 124 cm³/mol. The molecular weight excluding hydrogens is 406 g/mol. The van der Waals surface area contributed by atoms with Gasteiger partial charge in [0.15, 0.2) is 0 Å². The maximum atomic E-state index is 13.3. The third kappa shape index (κ3) is 6.12. The van der Waals surface area contributed by atoms with Crippen molar-refractivity contribution < 1.29 is 9.21 Å². The number of hydrogen-bond donors (Lipinski definition) is 0. The van der Waals surface area contributed by atoms with Gasteiger partial charge in [0.2, 0.25) is 11.8 Å². The van der Waals surface area contributed by atoms with Gasteiger partial charge in [0.05, 0.1) is 5.75 Å². The average molecular weight is 442 g/mol. The predicted octanol–water partition coefficient (Wildman–Crippen LogP) is 6.00. The molecule has 2 aliphatic rings. The molecular formula is C25H35N3O2S. The first-order chi connectivity index (χ1) is 15.2. The number of benzene rings is 1. The van der Waals surface area contributed by atoms with Crippen molar-refractivity contribution in [3.05, 3.63) is 41.8 Å². The molecule has 2 aromatic rings. The van der Waals surface area contributed by atoms with Gasteiger partial charge in [-0.3, -0.25) is 4.79 Å². The Labute approximate surface area is 190 Å². The summed E-state index contributed by atoms with van der Waals surface area (Å²) < 4.78 is 5.87. The van der Waals surface area contributed by atoms with E-state index in [-0.39, 0.29) is 5.91 Å². The van der Waals surface area contributed by atoms with Gasteiger partial charge in [-0.05, 0) is 37.2 Å². The summed E-state index contributed by atoms with van der Waals surface area (Å²) in [7, 11) is 0. The SMILES string of the molecule is CC(Cc1nnc(SCC(=O)N(C2CCCCC2)C2CCCCC2)o1)c1ccccc1. The van der Waals surface area contributed by atoms with Crippen LogP contribution >= 0.6 is 11.8 Å². The minimum absolute atomic E-state index is 0.251. The van der Waals surface area contributed by atoms with E-state index in [4.69, 9.17) is 4.42 Å². The standard InChI is InChI=1S/C25H35N3O2S/c1-19(20-11-5-2-6-12-20)17-23-26-27-25(30-23)31-18-24(29)28(21-13-7-3-8-14-21)22-15-9-4-10-16-22/h2,5-6,11-12,19,21-22H,3-4,7-10,13-18H2,1H3. The maximum Gasteiger partial charge on any atom is 0.277 e. The number of thioether (sulfide) groups is 1. The van der Waals surface area contributed by atoms with Crippen LogP contribution in [-0.4, -0.2) is 38.8 Å². The van der Waals surface area contributed by atoms with Crippen molar-refractivity contribution in [1.29, 1.82) is 0 Å². The Morgan fingerprint density at radius 1 is 1.00 bits per heavy atom. The fourth-order valence-corrected chi connectivity index (χ4v) is 5.81. The van der Waals surface area contributed by atoms with E-state index in [1.54, 1.807) is 0 Å². The van der Waals surface area contributed by atoms with Crippen LogP contribution in [0.1, 0.15) is 88.5 Å². The first kappa shape index (κ1) is 22.4. The topological polar surface area (TPSA) is 59.2 Å². The van der Waals surface area contributed by atoms with E-state index in [9.17, 15) is 4.79 Å². The average Bonchev–Trinajstić information content (AvgIpc) is 3.27. The molecule has 2 fully saturated rings. The molecule has 1 atom stereocenters. The fraction of sp³-hybridized carbons (Fsp3) is 0.640. The minimum Gasteiger partial charge on any atom is -0.416 e. The van der Waals surface area contributed by atoms with Gasteiger partial charge in [-0.1, -0.05) is 87.5 Å². The van der Waals surface area contributed by atoms with E-state index < -0.39 is 0 Å². The van der Waals surface area contributed by atoms with E-state index in [1.807, 2.05) is 6.07 Å². The van der Waals surface area contributed by atoms with Gasteiger partial charge in [0.1, 0.15) is 0 Å². The van der Waals surface area contributed by atoms with Crippen LogP contribution in [0, 0.1) is 0 Å². The Morgan fingerprint density at radius 3 is 2.23 bits per heavy atom. The van der Waals surface area contributed by atoms with Crippen LogP contribution in [0.25, 0.3) is 0 Å². The van der Waals surface area contributed by atoms with E-state index >= 15 is 0 Å². The van der Waals surface area contributed by atoms with Gasteiger partial charge >= 0.3 is 0 Å². The molecule has 168 valence electrons. The summed E-state index contributed by atoms with van der Waals surface area (Å²) in [5.74, 6) is 1.60. The Bertz CT molecular complexity index is 795. The van der Waals surface area contributed by atoms with E-state index in [0.717, 1.165) is 25.7 Å². The molecule has 0 radical (unpaired) electrons. The second kappa shape index (κ2) is 11.2. The molecule has 6 heteroatoms. The number of aromatic nitrogens is 2. The van der Waals surface area contributed by atoms with Crippen LogP contribution in [0.2, 0.25) is 0 Å². The highest BCUT2D eigenvalue weighted by molar-refractivity contribution is 7.99. The molecule has 0 bridgehead atoms. The van der Waals surface area contributed by atoms with Crippen LogP contribution in [0.3, 0.4) is 0 Å². The van der Waals surface area contributed by atoms with Crippen LogP contribution < -0.4 is 0 Å². The van der Waals surface area contributed by atoms with Gasteiger partial charge in [-0.15, -0.1) is 10.2 Å². The molecule has 1 unspecified atom stereocenters. The van der Waals surface area contributed by atoms with Crippen molar-refractivity contribution in [3.63, 3.8) is 0 Å². The van der Waals surface area contributed by atoms with Crippen LogP contribution in [-0.2, 0) is 11.2 Å². The monoisotopic (exact) mass is 441 g/mol. The van der Waals surface area contributed by atoms with Crippen molar-refractivity contribution >= 4 is 17.7 Å². The first-order valence-electron chi connectivity index (χ1n) is 12.0. The number of amides is 1. The van der Waals surface area contributed by atoms with Crippen molar-refractivity contribution in [2.24, 2.45) is 0 Å². The molecule has 0 aliphatic heterocycles. The number of nitrogens with zero attached hydrogens (tertiary/aromatic N) is 3. The normalized spacial score (nSPS) is 19.3. The van der Waals surface area contributed by atoms with Gasteiger partial charge in [0.25, 0.3) is 5.22 Å². The zero-order valence-electron chi connectivity index (χ0n) is 18.7. The molecule has 2 saturated carbocycles. The largest absolute Gasteiger partial charge is 0.416 e. The maximum absolute atomic E-state index is 13.3. The molecule has 1 aromatic heterocycles. The Morgan fingerprint density at radius 2 is 1.61 bits per heavy atom. The highest BCUT2D eigenvalue weighted by Gasteiger charge is 2.32. The molecule has 1 aromatic carbocycles. The van der Waals surface area contributed by atoms with Gasteiger partial charge in [-0.25, -0.2) is 0 Å². The van der Waals surface area contributed by atoms with Crippen LogP contribution in [0.15, 0.2) is 40.0 Å². The number of rotatable bonds is 8. The second-order valence-electron chi connectivity index (χ2n) is 9.15. The molecule has 2 aliphatic carbocycles. The number of carbonyl (C=O) groups is 1. The Balaban J connectivity index is 1.34. The van der Waals surface area contributed by atoms with Crippen LogP contribution in [0.4, 0.5) is 0 Å². The van der Waals surface area contributed by atoms with Gasteiger partial charge < -0.3 is 9.32 Å². The second-order valence-corrected chi connectivity index (χ2v) is 10.1. The third-order valence-corrected chi connectivity index (χ3v) is 7.64. The van der Waals surface area contributed by atoms with E-state index in [1.165, 1.54) is 55.9 Å². The lowest BCUT2D eigenvalue weighted by molar-refractivity contribution is -0.135. The van der Waals surface area contributed by atoms with Crippen LogP contribution in [0.5, 0.6) is 0 Å². The highest BCUT2D eigenvalue weighted by atomic mass is 32.2. The summed E-state index contributed by atoms with van der Waals surface area (Å²) in [6.45, 7) is 2.17. The lowest BCUT2D eigenvalue weighted by Gasteiger charge is -2.41. The molecule has 0 spiro atoms. The summed E-state index contributed by atoms with van der Waals surface area (Å²) in [5.41, 5.74) is 1.26. The summed E-state index contributed by atoms with van der Waals surface area (Å²) in [6, 6.07) is 11.2. The van der Waals surface area contributed by atoms with E-state index in [0.29, 0.717) is 41.3 Å². The zero-order chi connectivity index (χ0) is 21.5. The molecule has 0 saturated heterocycles. The quantitative estimate of drug-likeness (QED) is 0.470. The molecule has 4 rings (SSSR count). The number of hydrogen-bond acceptors (Lipinski definition) is 5. The smallest absolute Gasteiger partial charge is 0.277 e. The van der Waals surface area contributed by atoms with Crippen molar-refractivity contribution in [3.8, 4) is 0 Å². The van der Waals surface area contributed by atoms with Gasteiger partial charge in [0, 0.05) is 18.5 Å². The Kier molecular flexibility index (Phi) is 8.06. The lowest BCUT2D eigenvalue weighted by Crippen LogP contribution is -2.49. The zero-order valence-corrected chi connectivity index (χ0v) is 19.5. The summed E-state index contributed by atoms with van der Waals surface area (Å²) in [4.78, 5) is 15.6. The summed E-state index contributed by atoms with van der Waals surface area (Å²) >= 11 is 1.40. The molecule has 5 nitrogen and oxygen atoms in total.